The Labute approximate surface area is 87.7 Å². The summed E-state index contributed by atoms with van der Waals surface area (Å²) in [4.78, 5) is 11.2. The zero-order valence-electron chi connectivity index (χ0n) is 8.33. The predicted molar refractivity (Wildman–Crippen MR) is 55.7 cm³/mol. The van der Waals surface area contributed by atoms with Crippen molar-refractivity contribution in [3.05, 3.63) is 41.2 Å². The Balaban J connectivity index is 3.08. The van der Waals surface area contributed by atoms with Crippen molar-refractivity contribution in [2.45, 2.75) is 13.3 Å². The SMILES string of the molecule is CC(=O)c1ccc(F)cc1C=CCC#N. The summed E-state index contributed by atoms with van der Waals surface area (Å²) in [6.07, 6.45) is 3.43. The number of ketones is 1. The van der Waals surface area contributed by atoms with Crippen LogP contribution in [0.1, 0.15) is 29.3 Å². The molecule has 0 aliphatic carbocycles. The highest BCUT2D eigenvalue weighted by Gasteiger charge is 2.05. The van der Waals surface area contributed by atoms with Crippen molar-refractivity contribution < 1.29 is 9.18 Å². The molecular weight excluding hydrogens is 193 g/mol. The van der Waals surface area contributed by atoms with E-state index >= 15 is 0 Å². The number of hydrogen-bond donors (Lipinski definition) is 0. The van der Waals surface area contributed by atoms with Gasteiger partial charge in [0.2, 0.25) is 0 Å². The highest BCUT2D eigenvalue weighted by atomic mass is 19.1. The van der Waals surface area contributed by atoms with Gasteiger partial charge in [-0.1, -0.05) is 12.2 Å². The van der Waals surface area contributed by atoms with Crippen LogP contribution in [0.25, 0.3) is 6.08 Å². The number of Topliss-reactive ketones (excluding diaryl/α,β-unsaturated/α-hetero) is 1. The maximum atomic E-state index is 12.9. The highest BCUT2D eigenvalue weighted by Crippen LogP contribution is 2.14. The van der Waals surface area contributed by atoms with Crippen LogP contribution < -0.4 is 0 Å². The fourth-order valence-corrected chi connectivity index (χ4v) is 1.23. The molecular formula is C12H10FNO. The second kappa shape index (κ2) is 5.06. The number of halogens is 1. The van der Waals surface area contributed by atoms with Crippen LogP contribution in [0, 0.1) is 17.1 Å². The van der Waals surface area contributed by atoms with Crippen LogP contribution >= 0.6 is 0 Å². The first-order valence-electron chi connectivity index (χ1n) is 4.49. The lowest BCUT2D eigenvalue weighted by Gasteiger charge is -2.01. The monoisotopic (exact) mass is 203 g/mol. The molecule has 1 aromatic rings. The zero-order chi connectivity index (χ0) is 11.3. The van der Waals surface area contributed by atoms with E-state index in [2.05, 4.69) is 0 Å². The molecule has 0 aliphatic rings. The van der Waals surface area contributed by atoms with E-state index in [4.69, 9.17) is 5.26 Å². The van der Waals surface area contributed by atoms with Gasteiger partial charge < -0.3 is 0 Å². The van der Waals surface area contributed by atoms with Crippen LogP contribution in [0.3, 0.4) is 0 Å². The molecule has 0 radical (unpaired) electrons. The third kappa shape index (κ3) is 3.03. The van der Waals surface area contributed by atoms with Gasteiger partial charge in [-0.05, 0) is 30.7 Å². The van der Waals surface area contributed by atoms with Gasteiger partial charge in [0.15, 0.2) is 5.78 Å². The van der Waals surface area contributed by atoms with Crippen LogP contribution in [-0.2, 0) is 0 Å². The third-order valence-corrected chi connectivity index (χ3v) is 1.90. The first-order valence-corrected chi connectivity index (χ1v) is 4.49. The molecule has 15 heavy (non-hydrogen) atoms. The second-order valence-corrected chi connectivity index (χ2v) is 3.05. The van der Waals surface area contributed by atoms with E-state index in [0.29, 0.717) is 11.1 Å². The van der Waals surface area contributed by atoms with Gasteiger partial charge >= 0.3 is 0 Å². The third-order valence-electron chi connectivity index (χ3n) is 1.90. The van der Waals surface area contributed by atoms with Crippen LogP contribution in [0.2, 0.25) is 0 Å². The van der Waals surface area contributed by atoms with Gasteiger partial charge in [0.25, 0.3) is 0 Å². The molecule has 0 aliphatic heterocycles. The molecule has 0 N–H and O–H groups in total. The molecule has 0 saturated heterocycles. The molecule has 76 valence electrons. The average molecular weight is 203 g/mol. The largest absolute Gasteiger partial charge is 0.294 e. The summed E-state index contributed by atoms with van der Waals surface area (Å²) in [5, 5.41) is 8.34. The quantitative estimate of drug-likeness (QED) is 0.708. The number of hydrogen-bond acceptors (Lipinski definition) is 2. The number of rotatable bonds is 3. The first-order chi connectivity index (χ1) is 7.15. The van der Waals surface area contributed by atoms with E-state index in [1.54, 1.807) is 12.2 Å². The number of carbonyl (C=O) groups is 1. The van der Waals surface area contributed by atoms with E-state index in [1.165, 1.54) is 25.1 Å². The van der Waals surface area contributed by atoms with Crippen LogP contribution in [0.5, 0.6) is 0 Å². The smallest absolute Gasteiger partial charge is 0.160 e. The average Bonchev–Trinajstić information content (AvgIpc) is 2.18. The van der Waals surface area contributed by atoms with Crippen molar-refractivity contribution in [3.63, 3.8) is 0 Å². The van der Waals surface area contributed by atoms with Crippen molar-refractivity contribution in [2.24, 2.45) is 0 Å². The second-order valence-electron chi connectivity index (χ2n) is 3.05. The lowest BCUT2D eigenvalue weighted by Crippen LogP contribution is -1.96. The molecule has 0 unspecified atom stereocenters. The van der Waals surface area contributed by atoms with Crippen molar-refractivity contribution >= 4 is 11.9 Å². The van der Waals surface area contributed by atoms with E-state index in [-0.39, 0.29) is 12.2 Å². The fraction of sp³-hybridized carbons (Fsp3) is 0.167. The molecule has 0 fully saturated rings. The van der Waals surface area contributed by atoms with E-state index in [9.17, 15) is 9.18 Å². The maximum absolute atomic E-state index is 12.9. The molecule has 1 aromatic carbocycles. The Morgan fingerprint density at radius 1 is 1.60 bits per heavy atom. The van der Waals surface area contributed by atoms with E-state index < -0.39 is 5.82 Å². The van der Waals surface area contributed by atoms with Gasteiger partial charge in [0.05, 0.1) is 12.5 Å². The molecule has 0 bridgehead atoms. The van der Waals surface area contributed by atoms with Crippen molar-refractivity contribution in [1.29, 1.82) is 5.26 Å². The molecule has 0 aromatic heterocycles. The molecule has 0 atom stereocenters. The van der Waals surface area contributed by atoms with Gasteiger partial charge in [0, 0.05) is 5.56 Å². The lowest BCUT2D eigenvalue weighted by atomic mass is 10.0. The lowest BCUT2D eigenvalue weighted by molar-refractivity contribution is 0.101. The Morgan fingerprint density at radius 2 is 2.33 bits per heavy atom. The highest BCUT2D eigenvalue weighted by molar-refractivity contribution is 5.97. The van der Waals surface area contributed by atoms with Crippen molar-refractivity contribution in [2.75, 3.05) is 0 Å². The van der Waals surface area contributed by atoms with Gasteiger partial charge in [-0.15, -0.1) is 0 Å². The van der Waals surface area contributed by atoms with E-state index in [0.717, 1.165) is 0 Å². The zero-order valence-corrected chi connectivity index (χ0v) is 8.33. The fourth-order valence-electron chi connectivity index (χ4n) is 1.23. The maximum Gasteiger partial charge on any atom is 0.160 e. The Bertz CT molecular complexity index is 443. The summed E-state index contributed by atoms with van der Waals surface area (Å²) >= 11 is 0. The van der Waals surface area contributed by atoms with Gasteiger partial charge in [0.1, 0.15) is 5.82 Å². The summed E-state index contributed by atoms with van der Waals surface area (Å²) in [5.41, 5.74) is 0.975. The molecule has 3 heteroatoms. The summed E-state index contributed by atoms with van der Waals surface area (Å²) in [6.45, 7) is 1.43. The van der Waals surface area contributed by atoms with Crippen molar-refractivity contribution in [3.8, 4) is 6.07 Å². The van der Waals surface area contributed by atoms with E-state index in [1.807, 2.05) is 6.07 Å². The minimum Gasteiger partial charge on any atom is -0.294 e. The molecule has 2 nitrogen and oxygen atoms in total. The molecule has 0 amide bonds. The van der Waals surface area contributed by atoms with Gasteiger partial charge in [-0.25, -0.2) is 4.39 Å². The normalized spacial score (nSPS) is 10.2. The summed E-state index contributed by atoms with van der Waals surface area (Å²) in [5.74, 6) is -0.511. The minimum absolute atomic E-state index is 0.119. The number of allylic oxidation sites excluding steroid dienone is 1. The topological polar surface area (TPSA) is 40.9 Å². The molecule has 0 saturated carbocycles. The molecule has 1 rings (SSSR count). The number of benzene rings is 1. The minimum atomic E-state index is -0.392. The summed E-state index contributed by atoms with van der Waals surface area (Å²) in [6, 6.07) is 5.91. The van der Waals surface area contributed by atoms with Crippen LogP contribution in [0.15, 0.2) is 24.3 Å². The molecule has 0 spiro atoms. The number of nitrogens with zero attached hydrogens (tertiary/aromatic N) is 1. The number of nitriles is 1. The number of carbonyl (C=O) groups excluding carboxylic acids is 1. The van der Waals surface area contributed by atoms with Gasteiger partial charge in [-0.3, -0.25) is 4.79 Å². The summed E-state index contributed by atoms with van der Waals surface area (Å²) in [7, 11) is 0. The predicted octanol–water partition coefficient (Wildman–Crippen LogP) is 2.96. The van der Waals surface area contributed by atoms with Gasteiger partial charge in [-0.2, -0.15) is 5.26 Å². The Kier molecular flexibility index (Phi) is 3.75. The standard InChI is InChI=1S/C12H10FNO/c1-9(15)12-6-5-11(13)8-10(12)4-2-3-7-14/h2,4-6,8H,3H2,1H3. The van der Waals surface area contributed by atoms with Crippen molar-refractivity contribution in [1.82, 2.24) is 0 Å². The Morgan fingerprint density at radius 3 is 2.93 bits per heavy atom. The Hall–Kier alpha value is -1.95. The summed E-state index contributed by atoms with van der Waals surface area (Å²) < 4.78 is 12.9. The molecule has 0 heterocycles. The van der Waals surface area contributed by atoms with Crippen LogP contribution in [0.4, 0.5) is 4.39 Å². The van der Waals surface area contributed by atoms with Crippen LogP contribution in [-0.4, -0.2) is 5.78 Å². The first kappa shape index (κ1) is 11.1.